The summed E-state index contributed by atoms with van der Waals surface area (Å²) in [7, 11) is 0. The maximum Gasteiger partial charge on any atom is 0.187 e. The number of aromatic nitrogens is 1. The van der Waals surface area contributed by atoms with Crippen LogP contribution in [0.3, 0.4) is 0 Å². The van der Waals surface area contributed by atoms with Crippen LogP contribution in [0.25, 0.3) is 11.1 Å². The van der Waals surface area contributed by atoms with E-state index in [0.29, 0.717) is 0 Å². The quantitative estimate of drug-likeness (QED) is 0.132. The van der Waals surface area contributed by atoms with Crippen LogP contribution in [-0.4, -0.2) is 10.8 Å². The first-order valence-corrected chi connectivity index (χ1v) is 12.8. The molecule has 0 saturated heterocycles. The maximum atomic E-state index is 7.51. The van der Waals surface area contributed by atoms with E-state index in [4.69, 9.17) is 16.1 Å². The molecule has 2 heterocycles. The molecule has 1 aliphatic rings. The van der Waals surface area contributed by atoms with E-state index in [1.165, 1.54) is 33.6 Å². The molecule has 2 aromatic carbocycles. The van der Waals surface area contributed by atoms with Gasteiger partial charge in [-0.05, 0) is 59.0 Å². The molecule has 4 nitrogen and oxygen atoms in total. The van der Waals surface area contributed by atoms with Crippen molar-refractivity contribution in [1.82, 2.24) is 4.98 Å². The third-order valence-electron chi connectivity index (χ3n) is 4.87. The van der Waals surface area contributed by atoms with Crippen molar-refractivity contribution in [2.75, 3.05) is 5.32 Å². The number of rotatable bonds is 6. The average Bonchev–Trinajstić information content (AvgIpc) is 3.44. The number of hydrogen-bond acceptors (Lipinski definition) is 6. The topological polar surface area (TPSA) is 74.8 Å². The predicted molar refractivity (Wildman–Crippen MR) is 133 cm³/mol. The Balaban J connectivity index is 1.25. The van der Waals surface area contributed by atoms with Gasteiger partial charge in [-0.1, -0.05) is 28.1 Å². The van der Waals surface area contributed by atoms with Crippen LogP contribution in [0.1, 0.15) is 21.7 Å². The van der Waals surface area contributed by atoms with Crippen molar-refractivity contribution in [2.24, 2.45) is 5.73 Å². The van der Waals surface area contributed by atoms with Crippen molar-refractivity contribution in [3.8, 4) is 11.1 Å². The highest BCUT2D eigenvalue weighted by molar-refractivity contribution is 9.10. The second-order valence-electron chi connectivity index (χ2n) is 6.97. The zero-order valence-electron chi connectivity index (χ0n) is 15.7. The number of nitrogens with two attached hydrogens (primary N) is 1. The molecule has 0 bridgehead atoms. The number of thioether (sulfide) groups is 1. The third-order valence-corrected chi connectivity index (χ3v) is 8.30. The van der Waals surface area contributed by atoms with Gasteiger partial charge in [-0.25, -0.2) is 4.98 Å². The van der Waals surface area contributed by atoms with E-state index in [1.54, 1.807) is 23.1 Å². The fraction of sp³-hybridized carbons (Fsp3) is 0.0909. The van der Waals surface area contributed by atoms with Gasteiger partial charge in [0.2, 0.25) is 0 Å². The smallest absolute Gasteiger partial charge is 0.187 e. The number of benzene rings is 2. The van der Waals surface area contributed by atoms with E-state index in [-0.39, 0.29) is 5.84 Å². The molecule has 30 heavy (non-hydrogen) atoms. The number of thiazole rings is 1. The number of anilines is 2. The van der Waals surface area contributed by atoms with Crippen LogP contribution in [0.4, 0.5) is 10.8 Å². The monoisotopic (exact) mass is 512 g/mol. The van der Waals surface area contributed by atoms with Gasteiger partial charge < -0.3 is 11.1 Å². The summed E-state index contributed by atoms with van der Waals surface area (Å²) in [4.78, 5) is 6.66. The van der Waals surface area contributed by atoms with Crippen molar-refractivity contribution in [1.29, 1.82) is 5.41 Å². The zero-order chi connectivity index (χ0) is 20.7. The molecule has 5 rings (SSSR count). The van der Waals surface area contributed by atoms with E-state index in [9.17, 15) is 0 Å². The summed E-state index contributed by atoms with van der Waals surface area (Å²) in [6, 6.07) is 15.0. The van der Waals surface area contributed by atoms with Gasteiger partial charge in [-0.3, -0.25) is 5.41 Å². The summed E-state index contributed by atoms with van der Waals surface area (Å²) >= 11 is 8.40. The zero-order valence-corrected chi connectivity index (χ0v) is 19.8. The molecule has 2 aromatic heterocycles. The van der Waals surface area contributed by atoms with Crippen molar-refractivity contribution < 1.29 is 0 Å². The molecule has 0 radical (unpaired) electrons. The molecule has 4 aromatic rings. The first-order valence-electron chi connectivity index (χ1n) is 9.24. The molecule has 1 aliphatic carbocycles. The molecular formula is C22H17BrN4S3. The summed E-state index contributed by atoms with van der Waals surface area (Å²) in [5.74, 6) is 0.915. The Labute approximate surface area is 195 Å². The summed E-state index contributed by atoms with van der Waals surface area (Å²) in [6.45, 7) is 0. The lowest BCUT2D eigenvalue weighted by atomic mass is 10.1. The number of hydrogen-bond donors (Lipinski definition) is 3. The summed E-state index contributed by atoms with van der Waals surface area (Å²) in [5.41, 5.74) is 13.0. The van der Waals surface area contributed by atoms with E-state index >= 15 is 0 Å². The van der Waals surface area contributed by atoms with Crippen molar-refractivity contribution >= 4 is 67.0 Å². The molecule has 0 aliphatic heterocycles. The highest BCUT2D eigenvalue weighted by Gasteiger charge is 2.19. The molecule has 0 atom stereocenters. The van der Waals surface area contributed by atoms with Gasteiger partial charge in [-0.2, -0.15) is 0 Å². The van der Waals surface area contributed by atoms with Gasteiger partial charge in [0.25, 0.3) is 0 Å². The van der Waals surface area contributed by atoms with E-state index in [1.807, 2.05) is 11.4 Å². The Kier molecular flexibility index (Phi) is 5.41. The van der Waals surface area contributed by atoms with Crippen LogP contribution < -0.4 is 11.1 Å². The minimum Gasteiger partial charge on any atom is -0.383 e. The van der Waals surface area contributed by atoms with Crippen molar-refractivity contribution in [2.45, 2.75) is 17.1 Å². The molecule has 4 N–H and O–H groups in total. The summed E-state index contributed by atoms with van der Waals surface area (Å²) < 4.78 is 1.13. The Morgan fingerprint density at radius 3 is 2.70 bits per heavy atom. The SMILES string of the molecule is N=C(N)c1cc(SCc2csc(Nc3ccc4c(c3)Cc3cc(Br)ccc3-4)n2)cs1. The van der Waals surface area contributed by atoms with Crippen LogP contribution in [0.2, 0.25) is 0 Å². The summed E-state index contributed by atoms with van der Waals surface area (Å²) in [6.07, 6.45) is 0.961. The third kappa shape index (κ3) is 4.05. The van der Waals surface area contributed by atoms with Crippen LogP contribution in [0.5, 0.6) is 0 Å². The average molecular weight is 514 g/mol. The molecule has 150 valence electrons. The Hall–Kier alpha value is -2.13. The molecule has 8 heteroatoms. The first-order chi connectivity index (χ1) is 14.5. The molecule has 0 amide bonds. The number of amidine groups is 1. The van der Waals surface area contributed by atoms with Crippen LogP contribution >= 0.6 is 50.4 Å². The lowest BCUT2D eigenvalue weighted by Crippen LogP contribution is -2.08. The van der Waals surface area contributed by atoms with E-state index in [2.05, 4.69) is 63.0 Å². The Morgan fingerprint density at radius 1 is 1.10 bits per heavy atom. The van der Waals surface area contributed by atoms with Crippen LogP contribution in [0.15, 0.2) is 62.6 Å². The van der Waals surface area contributed by atoms with Gasteiger partial charge in [0, 0.05) is 31.6 Å². The fourth-order valence-corrected chi connectivity index (χ4v) is 6.54. The lowest BCUT2D eigenvalue weighted by molar-refractivity contribution is 1.22. The summed E-state index contributed by atoms with van der Waals surface area (Å²) in [5, 5.41) is 16.0. The van der Waals surface area contributed by atoms with Crippen molar-refractivity contribution in [3.63, 3.8) is 0 Å². The largest absolute Gasteiger partial charge is 0.383 e. The number of halogens is 1. The number of fused-ring (bicyclic) bond motifs is 3. The predicted octanol–water partition coefficient (Wildman–Crippen LogP) is 6.86. The van der Waals surface area contributed by atoms with Crippen molar-refractivity contribution in [3.05, 3.63) is 79.4 Å². The standard InChI is InChI=1S/C22H17BrN4S3/c23-14-1-3-18-12(6-14)5-13-7-15(2-4-19(13)18)26-22-27-16(10-30-22)9-28-17-8-20(21(24)25)29-11-17/h1-4,6-8,10-11H,5,9H2,(H3,24,25)(H,26,27). The number of nitrogen functional groups attached to an aromatic ring is 1. The second kappa shape index (κ2) is 8.19. The van der Waals surface area contributed by atoms with E-state index in [0.717, 1.165) is 42.9 Å². The maximum absolute atomic E-state index is 7.51. The van der Waals surface area contributed by atoms with E-state index < -0.39 is 0 Å². The Morgan fingerprint density at radius 2 is 1.90 bits per heavy atom. The van der Waals surface area contributed by atoms with Gasteiger partial charge in [0.05, 0.1) is 10.6 Å². The number of thiophene rings is 1. The lowest BCUT2D eigenvalue weighted by Gasteiger charge is -2.06. The minimum atomic E-state index is 0.122. The molecule has 0 saturated carbocycles. The number of nitrogens with zero attached hydrogens (tertiary/aromatic N) is 1. The highest BCUT2D eigenvalue weighted by Crippen LogP contribution is 2.39. The van der Waals surface area contributed by atoms with Gasteiger partial charge in [0.15, 0.2) is 5.13 Å². The van der Waals surface area contributed by atoms with Gasteiger partial charge >= 0.3 is 0 Å². The first kappa shape index (κ1) is 19.8. The molecule has 0 fully saturated rings. The molecular weight excluding hydrogens is 496 g/mol. The fourth-order valence-electron chi connectivity index (χ4n) is 3.50. The van der Waals surface area contributed by atoms with Crippen LogP contribution in [-0.2, 0) is 12.2 Å². The highest BCUT2D eigenvalue weighted by atomic mass is 79.9. The minimum absolute atomic E-state index is 0.122. The normalized spacial score (nSPS) is 11.9. The Bertz CT molecular complexity index is 1260. The van der Waals surface area contributed by atoms with Gasteiger partial charge in [0.1, 0.15) is 5.84 Å². The van der Waals surface area contributed by atoms with Crippen LogP contribution in [0, 0.1) is 5.41 Å². The van der Waals surface area contributed by atoms with Gasteiger partial charge in [-0.15, -0.1) is 34.4 Å². The second-order valence-corrected chi connectivity index (χ2v) is 10.7. The molecule has 0 unspecified atom stereocenters. The number of nitrogens with one attached hydrogen (secondary N) is 2. The molecule has 0 spiro atoms.